The minimum Gasteiger partial charge on any atom is -0.480 e. The summed E-state index contributed by atoms with van der Waals surface area (Å²) in [6.07, 6.45) is 10.6. The number of rotatable bonds is 28. The fraction of sp³-hybridized carbons (Fsp3) is 0.671. The Morgan fingerprint density at radius 2 is 0.863 bits per heavy atom. The van der Waals surface area contributed by atoms with E-state index in [0.717, 1.165) is 50.7 Å². The number of carbonyl (C=O) groups excluding carboxylic acids is 8. The number of terminal acetylenes is 1. The molecule has 0 aliphatic heterocycles. The summed E-state index contributed by atoms with van der Waals surface area (Å²) in [5.74, 6) is 8.53. The van der Waals surface area contributed by atoms with Gasteiger partial charge in [-0.25, -0.2) is 43.3 Å². The van der Waals surface area contributed by atoms with Gasteiger partial charge in [0.1, 0.15) is 51.4 Å². The number of hydrogen-bond donors (Lipinski definition) is 9. The molecule has 9 unspecified atom stereocenters. The van der Waals surface area contributed by atoms with E-state index in [1.54, 1.807) is 27.7 Å². The van der Waals surface area contributed by atoms with E-state index in [-0.39, 0.29) is 153 Å². The molecule has 2 radical (unpaired) electrons. The van der Waals surface area contributed by atoms with Gasteiger partial charge in [-0.2, -0.15) is 0 Å². The summed E-state index contributed by atoms with van der Waals surface area (Å²) in [4.78, 5) is 96.1. The van der Waals surface area contributed by atoms with Crippen LogP contribution in [0.2, 0.25) is 0 Å². The molecule has 0 spiro atoms. The minimum atomic E-state index is -3.17. The van der Waals surface area contributed by atoms with Crippen molar-refractivity contribution in [1.29, 1.82) is 0 Å². The number of aliphatic hydroxyl groups is 3. The molecule has 28 nitrogen and oxygen atoms in total. The Morgan fingerprint density at radius 3 is 1.13 bits per heavy atom. The third kappa shape index (κ3) is 45.2. The molecule has 0 heterocycles. The van der Waals surface area contributed by atoms with Crippen molar-refractivity contribution in [2.75, 3.05) is 73.6 Å². The van der Waals surface area contributed by atoms with E-state index in [2.05, 4.69) is 158 Å². The summed E-state index contributed by atoms with van der Waals surface area (Å²) >= 11 is 0. The molecule has 102 heavy (non-hydrogen) atoms. The molecule has 580 valence electrons. The van der Waals surface area contributed by atoms with E-state index in [9.17, 15) is 38.4 Å². The summed E-state index contributed by atoms with van der Waals surface area (Å²) in [6, 6.07) is 1.94. The van der Waals surface area contributed by atoms with Crippen molar-refractivity contribution >= 4 is 57.2 Å². The number of hydrogen-bond acceptors (Lipinski definition) is 21. The maximum Gasteiger partial charge on any atom is 0.522 e. The fourth-order valence-corrected chi connectivity index (χ4v) is 14.2. The first kappa shape index (κ1) is 103. The van der Waals surface area contributed by atoms with Crippen LogP contribution in [-0.4, -0.2) is 193 Å². The summed E-state index contributed by atoms with van der Waals surface area (Å²) in [5.41, 5.74) is -2.30. The zero-order valence-electron chi connectivity index (χ0n) is 62.5. The van der Waals surface area contributed by atoms with Crippen LogP contribution in [0, 0.1) is 103 Å². The number of nitrogens with one attached hydrogen (secondary N) is 6. The summed E-state index contributed by atoms with van der Waals surface area (Å²) in [5, 5.41) is 42.5. The standard InChI is InChI=1S/C25H38N3O6Si.2C20H33N2O6.C5H10O3.3W/c1-10-11-12-13-14-28(19-35(31-7,32-8)33-9)22(29)27-21-15-24(4,5)17-25(6,16-21)18-26-23(30)34-20(2)3;2*1-7-16(23)26-8-9-27-18(25)22-15-10-19(4,5)12-20(6,11-15)13-21-17(24)28-14(2)3;1-2-5(8,3-6)4-7;;;/h1,20-21H,2,15-19H2,3-9H3,(H,26,30)(H,27,29);2*7,14-15H,1-2,8-13H2,3-6H3,(H,21,24)(H,22,25);3-4,6-8H,2H2,1H3;;;/q3*-1;;;;. The number of aliphatic hydroxyl groups excluding tert-OH is 2. The molecule has 3 aliphatic carbocycles. The number of ether oxygens (including phenoxy) is 7. The molecule has 3 fully saturated rings. The van der Waals surface area contributed by atoms with E-state index in [1.807, 2.05) is 0 Å². The number of nitrogens with zero attached hydrogens (tertiary/aromatic N) is 1. The van der Waals surface area contributed by atoms with Crippen LogP contribution < -0.4 is 31.9 Å². The Labute approximate surface area is 650 Å². The van der Waals surface area contributed by atoms with Gasteiger partial charge >= 0.3 is 57.2 Å². The van der Waals surface area contributed by atoms with Gasteiger partial charge in [0.25, 0.3) is 0 Å². The molecule has 9 N–H and O–H groups in total. The Morgan fingerprint density at radius 1 is 0.549 bits per heavy atom. The van der Waals surface area contributed by atoms with Crippen LogP contribution in [-0.2, 0) is 119 Å². The molecular formula is C70H114N7O21SiW3-3. The van der Waals surface area contributed by atoms with Crippen LogP contribution in [0.1, 0.15) is 154 Å². The molecule has 0 saturated heterocycles. The van der Waals surface area contributed by atoms with Crippen molar-refractivity contribution in [3.8, 4) is 36.1 Å². The van der Waals surface area contributed by atoms with Crippen molar-refractivity contribution in [2.24, 2.45) is 32.5 Å². The van der Waals surface area contributed by atoms with E-state index < -0.39 is 81.2 Å². The monoisotopic (exact) mass is 1970 g/mol. The van der Waals surface area contributed by atoms with Crippen molar-refractivity contribution in [3.63, 3.8) is 0 Å². The molecule has 0 bridgehead atoms. The van der Waals surface area contributed by atoms with Crippen LogP contribution in [0.25, 0.3) is 0 Å². The van der Waals surface area contributed by atoms with Crippen LogP contribution in [0.3, 0.4) is 0 Å². The van der Waals surface area contributed by atoms with Crippen LogP contribution in [0.5, 0.6) is 0 Å². The minimum absolute atomic E-state index is 0. The first-order chi connectivity index (χ1) is 45.9. The van der Waals surface area contributed by atoms with Gasteiger partial charge in [0, 0.05) is 152 Å². The van der Waals surface area contributed by atoms with Gasteiger partial charge in [-0.3, -0.25) is 0 Å². The Hall–Kier alpha value is -5.24. The Kier molecular flexibility index (Phi) is 50.8. The largest absolute Gasteiger partial charge is 0.522 e. The molecule has 3 rings (SSSR count). The van der Waals surface area contributed by atoms with Gasteiger partial charge in [-0.05, 0) is 127 Å². The second-order valence-electron chi connectivity index (χ2n) is 28.3. The van der Waals surface area contributed by atoms with Gasteiger partial charge in [-0.15, -0.1) is 6.42 Å². The average Bonchev–Trinajstić information content (AvgIpc) is 0.811. The Balaban J connectivity index is -0.000000663. The Bertz CT molecular complexity index is 2670. The van der Waals surface area contributed by atoms with Gasteiger partial charge in [-0.1, -0.05) is 103 Å². The maximum absolute atomic E-state index is 13.3. The van der Waals surface area contributed by atoms with Gasteiger partial charge < -0.3 is 114 Å². The van der Waals surface area contributed by atoms with E-state index >= 15 is 0 Å². The molecular weight excluding hydrogens is 1850 g/mol. The first-order valence-corrected chi connectivity index (χ1v) is 34.5. The average molecular weight is 1970 g/mol. The number of carbonyl (C=O) groups is 8. The van der Waals surface area contributed by atoms with Crippen molar-refractivity contribution < 1.29 is 163 Å². The molecule has 0 aromatic rings. The fourth-order valence-electron chi connectivity index (χ4n) is 12.7. The van der Waals surface area contributed by atoms with Gasteiger partial charge in [0.15, 0.2) is 0 Å². The zero-order valence-corrected chi connectivity index (χ0v) is 72.3. The summed E-state index contributed by atoms with van der Waals surface area (Å²) in [7, 11) is 1.22. The van der Waals surface area contributed by atoms with Crippen LogP contribution in [0.4, 0.5) is 28.8 Å². The zero-order chi connectivity index (χ0) is 76.1. The predicted molar refractivity (Wildman–Crippen MR) is 372 cm³/mol. The smallest absolute Gasteiger partial charge is 0.480 e. The first-order valence-electron chi connectivity index (χ1n) is 32.6. The quantitative estimate of drug-likeness (QED) is 0.00516. The summed E-state index contributed by atoms with van der Waals surface area (Å²) in [6.45, 7) is 45.5. The normalized spacial score (nSPS) is 21.8. The SMILES string of the molecule is C#CC#CC#CN(C[Si](OC)(OC)OC)C(=O)NC1CC(C)(C)CC(C)(CNC(=O)OC([CH2-])C)C1.C=CC(=O)OCCOC(=O)NC1CC(C)(C)CC(C)(CNC(=O)OC([CH2-])C)C1.C=CC(=O)OCCOC(=O)NC1CC(C)(C)CC(C)(CNC(=O)OC([CH2-])C)C1.CCC(O)([CH]O)[CH]O.[W].[W].[W]. The number of amides is 7. The third-order valence-corrected chi connectivity index (χ3v) is 18.2. The second kappa shape index (κ2) is 50.3. The topological polar surface area (TPSA) is 365 Å². The van der Waals surface area contributed by atoms with Gasteiger partial charge in [0.2, 0.25) is 0 Å². The van der Waals surface area contributed by atoms with Crippen molar-refractivity contribution in [3.05, 3.63) is 59.3 Å². The molecule has 9 atom stereocenters. The molecule has 3 aliphatic rings. The van der Waals surface area contributed by atoms with E-state index in [4.69, 9.17) is 68.2 Å². The second-order valence-corrected chi connectivity index (χ2v) is 31.3. The predicted octanol–water partition coefficient (Wildman–Crippen LogP) is 8.69. The molecule has 0 aromatic carbocycles. The molecule has 7 amide bonds. The third-order valence-electron chi connectivity index (χ3n) is 15.6. The molecule has 32 heteroatoms. The maximum atomic E-state index is 13.3. The number of alkyl carbamates (subject to hydrolysis) is 5. The van der Waals surface area contributed by atoms with E-state index in [0.29, 0.717) is 52.1 Å². The van der Waals surface area contributed by atoms with Gasteiger partial charge in [0.05, 0.1) is 0 Å². The van der Waals surface area contributed by atoms with E-state index in [1.165, 1.54) is 26.2 Å². The summed E-state index contributed by atoms with van der Waals surface area (Å²) < 4.78 is 51.1. The number of esters is 2. The van der Waals surface area contributed by atoms with Crippen LogP contribution in [0.15, 0.2) is 25.3 Å². The van der Waals surface area contributed by atoms with Crippen LogP contribution >= 0.6 is 0 Å². The molecule has 3 saturated carbocycles. The van der Waals surface area contributed by atoms with Crippen molar-refractivity contribution in [2.45, 2.75) is 196 Å². The number of urea groups is 1. The molecule has 0 aromatic heterocycles. The van der Waals surface area contributed by atoms with Crippen molar-refractivity contribution in [1.82, 2.24) is 36.8 Å².